The Morgan fingerprint density at radius 2 is 1.56 bits per heavy atom. The number of nitrogens with one attached hydrogen (secondary N) is 1. The van der Waals surface area contributed by atoms with Crippen molar-refractivity contribution in [3.05, 3.63) is 131 Å². The smallest absolute Gasteiger partial charge is 0.282 e. The molecular formula is C31H22FN5O2. The van der Waals surface area contributed by atoms with E-state index < -0.39 is 5.82 Å². The number of nitrogens with zero attached hydrogens (tertiary/aromatic N) is 4. The number of carbonyl (C=O) groups is 1. The van der Waals surface area contributed by atoms with Gasteiger partial charge in [-0.15, -0.1) is 0 Å². The highest BCUT2D eigenvalue weighted by Crippen LogP contribution is 2.22. The fraction of sp³-hybridized carbons (Fsp3) is 0.0323. The number of rotatable bonds is 6. The van der Waals surface area contributed by atoms with Gasteiger partial charge in [0.25, 0.3) is 5.56 Å². The Balaban J connectivity index is 1.40. The molecule has 0 aliphatic carbocycles. The van der Waals surface area contributed by atoms with E-state index in [9.17, 15) is 14.0 Å². The molecule has 8 heteroatoms. The summed E-state index contributed by atoms with van der Waals surface area (Å²) in [6.07, 6.45) is 3.38. The van der Waals surface area contributed by atoms with Gasteiger partial charge in [-0.05, 0) is 30.3 Å². The topological polar surface area (TPSA) is 81.3 Å². The van der Waals surface area contributed by atoms with Gasteiger partial charge in [-0.2, -0.15) is 9.78 Å². The van der Waals surface area contributed by atoms with Crippen molar-refractivity contribution in [1.82, 2.24) is 14.2 Å². The van der Waals surface area contributed by atoms with Gasteiger partial charge in [0.1, 0.15) is 12.4 Å². The second-order valence-corrected chi connectivity index (χ2v) is 8.94. The first-order valence-corrected chi connectivity index (χ1v) is 12.3. The molecule has 39 heavy (non-hydrogen) atoms. The maximum atomic E-state index is 14.0. The second kappa shape index (κ2) is 10.2. The predicted molar refractivity (Wildman–Crippen MR) is 151 cm³/mol. The van der Waals surface area contributed by atoms with E-state index in [1.807, 2.05) is 60.7 Å². The van der Waals surface area contributed by atoms with Gasteiger partial charge in [0.05, 0.1) is 22.8 Å². The van der Waals surface area contributed by atoms with Crippen LogP contribution in [-0.4, -0.2) is 26.3 Å². The molecule has 0 saturated heterocycles. The van der Waals surface area contributed by atoms with Gasteiger partial charge in [0, 0.05) is 28.2 Å². The van der Waals surface area contributed by atoms with E-state index in [-0.39, 0.29) is 23.7 Å². The third kappa shape index (κ3) is 4.71. The van der Waals surface area contributed by atoms with Crippen LogP contribution in [0.3, 0.4) is 0 Å². The van der Waals surface area contributed by atoms with E-state index in [2.05, 4.69) is 10.4 Å². The van der Waals surface area contributed by atoms with E-state index in [1.165, 1.54) is 16.8 Å². The number of carbonyl (C=O) groups excluding carboxylic acids is 1. The van der Waals surface area contributed by atoms with Crippen molar-refractivity contribution >= 4 is 39.6 Å². The van der Waals surface area contributed by atoms with Crippen LogP contribution in [0.4, 0.5) is 10.1 Å². The normalized spacial score (nSPS) is 11.4. The lowest BCUT2D eigenvalue weighted by molar-refractivity contribution is -0.116. The van der Waals surface area contributed by atoms with Gasteiger partial charge >= 0.3 is 0 Å². The Morgan fingerprint density at radius 3 is 2.38 bits per heavy atom. The lowest BCUT2D eigenvalue weighted by Crippen LogP contribution is -2.20. The SMILES string of the molecule is O=C(Cn1cc(C=Nn2c(-c3ccccc3)nc3ccccc3c2=O)c2ccccc21)Nc1ccccc1F. The van der Waals surface area contributed by atoms with Gasteiger partial charge < -0.3 is 9.88 Å². The molecule has 0 aliphatic rings. The first-order chi connectivity index (χ1) is 19.1. The van der Waals surface area contributed by atoms with Crippen molar-refractivity contribution in [3.8, 4) is 11.4 Å². The molecule has 0 saturated carbocycles. The molecule has 0 atom stereocenters. The standard InChI is InChI=1S/C31H22FN5O2/c32-25-14-6-8-16-27(25)34-29(38)20-36-19-22(23-12-5-9-17-28(23)36)18-33-37-30(21-10-2-1-3-11-21)35-26-15-7-4-13-24(26)31(37)39/h1-19H,20H2,(H,34,38). The molecule has 6 aromatic rings. The molecule has 4 aromatic carbocycles. The highest BCUT2D eigenvalue weighted by atomic mass is 19.1. The molecule has 1 amide bonds. The molecule has 1 N–H and O–H groups in total. The molecule has 0 bridgehead atoms. The van der Waals surface area contributed by atoms with Crippen LogP contribution in [-0.2, 0) is 11.3 Å². The summed E-state index contributed by atoms with van der Waals surface area (Å²) in [4.78, 5) is 31.0. The molecule has 7 nitrogen and oxygen atoms in total. The van der Waals surface area contributed by atoms with Crippen LogP contribution in [0.5, 0.6) is 0 Å². The number of benzene rings is 4. The maximum Gasteiger partial charge on any atom is 0.282 e. The molecule has 0 radical (unpaired) electrons. The summed E-state index contributed by atoms with van der Waals surface area (Å²) in [7, 11) is 0. The molecule has 0 fully saturated rings. The fourth-order valence-electron chi connectivity index (χ4n) is 4.54. The van der Waals surface area contributed by atoms with E-state index in [0.717, 1.165) is 16.5 Å². The minimum absolute atomic E-state index is 0.0323. The monoisotopic (exact) mass is 515 g/mol. The zero-order valence-electron chi connectivity index (χ0n) is 20.7. The Hall–Kier alpha value is -5.37. The van der Waals surface area contributed by atoms with Crippen molar-refractivity contribution in [2.45, 2.75) is 6.54 Å². The van der Waals surface area contributed by atoms with E-state index >= 15 is 0 Å². The number of halogens is 1. The van der Waals surface area contributed by atoms with E-state index in [4.69, 9.17) is 4.98 Å². The van der Waals surface area contributed by atoms with Crippen LogP contribution in [0, 0.1) is 5.82 Å². The summed E-state index contributed by atoms with van der Waals surface area (Å²) < 4.78 is 17.1. The first kappa shape index (κ1) is 24.0. The third-order valence-electron chi connectivity index (χ3n) is 6.38. The van der Waals surface area contributed by atoms with Crippen LogP contribution in [0.1, 0.15) is 5.56 Å². The third-order valence-corrected chi connectivity index (χ3v) is 6.38. The number of hydrogen-bond acceptors (Lipinski definition) is 4. The molecule has 0 unspecified atom stereocenters. The Morgan fingerprint density at radius 1 is 0.872 bits per heavy atom. The van der Waals surface area contributed by atoms with Gasteiger partial charge in [0.2, 0.25) is 5.91 Å². The van der Waals surface area contributed by atoms with E-state index in [0.29, 0.717) is 22.3 Å². The zero-order chi connectivity index (χ0) is 26.8. The molecule has 190 valence electrons. The van der Waals surface area contributed by atoms with Crippen LogP contribution in [0.2, 0.25) is 0 Å². The van der Waals surface area contributed by atoms with Crippen LogP contribution < -0.4 is 10.9 Å². The molecule has 2 aromatic heterocycles. The lowest BCUT2D eigenvalue weighted by atomic mass is 10.2. The summed E-state index contributed by atoms with van der Waals surface area (Å²) in [5.41, 5.74) is 2.69. The fourth-order valence-corrected chi connectivity index (χ4v) is 4.54. The lowest BCUT2D eigenvalue weighted by Gasteiger charge is -2.09. The molecule has 0 spiro atoms. The number of anilines is 1. The van der Waals surface area contributed by atoms with Crippen molar-refractivity contribution in [3.63, 3.8) is 0 Å². The molecule has 6 rings (SSSR count). The average Bonchev–Trinajstić information content (AvgIpc) is 3.31. The predicted octanol–water partition coefficient (Wildman–Crippen LogP) is 5.68. The highest BCUT2D eigenvalue weighted by molar-refractivity contribution is 6.00. The number of para-hydroxylation sites is 3. The summed E-state index contributed by atoms with van der Waals surface area (Å²) >= 11 is 0. The van der Waals surface area contributed by atoms with Crippen LogP contribution in [0.15, 0.2) is 119 Å². The Labute approximate surface area is 222 Å². The molecular weight excluding hydrogens is 493 g/mol. The number of aromatic nitrogens is 3. The van der Waals surface area contributed by atoms with Gasteiger partial charge in [-0.3, -0.25) is 9.59 Å². The number of fused-ring (bicyclic) bond motifs is 2. The average molecular weight is 516 g/mol. The summed E-state index contributed by atoms with van der Waals surface area (Å²) in [5.74, 6) is -0.450. The molecule has 2 heterocycles. The van der Waals surface area contributed by atoms with Gasteiger partial charge in [0.15, 0.2) is 5.82 Å². The summed E-state index contributed by atoms with van der Waals surface area (Å²) in [6, 6.07) is 30.2. The second-order valence-electron chi connectivity index (χ2n) is 8.94. The van der Waals surface area contributed by atoms with E-state index in [1.54, 1.807) is 47.3 Å². The Kier molecular flexibility index (Phi) is 6.26. The van der Waals surface area contributed by atoms with Crippen LogP contribution in [0.25, 0.3) is 33.2 Å². The largest absolute Gasteiger partial charge is 0.337 e. The van der Waals surface area contributed by atoms with Gasteiger partial charge in [-0.25, -0.2) is 9.37 Å². The molecule has 0 aliphatic heterocycles. The summed E-state index contributed by atoms with van der Waals surface area (Å²) in [5, 5.41) is 8.51. The van der Waals surface area contributed by atoms with Crippen molar-refractivity contribution in [2.75, 3.05) is 5.32 Å². The number of hydrogen-bond donors (Lipinski definition) is 1. The first-order valence-electron chi connectivity index (χ1n) is 12.3. The summed E-state index contributed by atoms with van der Waals surface area (Å²) in [6.45, 7) is -0.0323. The van der Waals surface area contributed by atoms with Crippen molar-refractivity contribution in [2.24, 2.45) is 5.10 Å². The maximum absolute atomic E-state index is 14.0. The zero-order valence-corrected chi connectivity index (χ0v) is 20.7. The number of amides is 1. The highest BCUT2D eigenvalue weighted by Gasteiger charge is 2.14. The van der Waals surface area contributed by atoms with Crippen molar-refractivity contribution < 1.29 is 9.18 Å². The Bertz CT molecular complexity index is 1930. The minimum Gasteiger partial charge on any atom is -0.337 e. The van der Waals surface area contributed by atoms with Crippen molar-refractivity contribution in [1.29, 1.82) is 0 Å². The van der Waals surface area contributed by atoms with Gasteiger partial charge in [-0.1, -0.05) is 72.8 Å². The van der Waals surface area contributed by atoms with Crippen LogP contribution >= 0.6 is 0 Å². The quantitative estimate of drug-likeness (QED) is 0.290. The minimum atomic E-state index is -0.500.